The van der Waals surface area contributed by atoms with Crippen LogP contribution in [0.1, 0.15) is 18.4 Å². The first-order valence-electron chi connectivity index (χ1n) is 5.61. The van der Waals surface area contributed by atoms with Crippen LogP contribution in [-0.4, -0.2) is 10.8 Å². The van der Waals surface area contributed by atoms with E-state index in [-0.39, 0.29) is 5.91 Å². The molecule has 1 heterocycles. The number of allylic oxidation sites excluding steroid dienone is 2. The third-order valence-corrected chi connectivity index (χ3v) is 3.12. The van der Waals surface area contributed by atoms with Crippen LogP contribution in [0.4, 0.5) is 0 Å². The van der Waals surface area contributed by atoms with Gasteiger partial charge in [-0.2, -0.15) is 0 Å². The highest BCUT2D eigenvalue weighted by molar-refractivity contribution is 5.95. The average Bonchev–Trinajstić information content (AvgIpc) is 2.84. The second-order valence-corrected chi connectivity index (χ2v) is 4.21. The molecule has 1 aromatic rings. The first kappa shape index (κ1) is 9.40. The van der Waals surface area contributed by atoms with Crippen molar-refractivity contribution < 1.29 is 4.79 Å². The van der Waals surface area contributed by atoms with Gasteiger partial charge in [-0.05, 0) is 24.0 Å². The zero-order chi connectivity index (χ0) is 11.0. The number of carbonyl (C=O) groups is 1. The molecule has 0 saturated heterocycles. The van der Waals surface area contributed by atoms with Crippen molar-refractivity contribution in [2.75, 3.05) is 0 Å². The molecule has 0 unspecified atom stereocenters. The number of nitrogens with zero attached hydrogens (tertiary/aromatic N) is 1. The zero-order valence-corrected chi connectivity index (χ0v) is 9.02. The van der Waals surface area contributed by atoms with Gasteiger partial charge in [0.2, 0.25) is 0 Å². The van der Waals surface area contributed by atoms with E-state index in [1.165, 1.54) is 11.1 Å². The lowest BCUT2D eigenvalue weighted by Gasteiger charge is -2.18. The Balaban J connectivity index is 1.84. The summed E-state index contributed by atoms with van der Waals surface area (Å²) in [6.45, 7) is 0.686. The number of fused-ring (bicyclic) bond motifs is 1. The van der Waals surface area contributed by atoms with Crippen molar-refractivity contribution in [2.45, 2.75) is 19.4 Å². The number of benzene rings is 1. The molecule has 0 bridgehead atoms. The molecule has 1 aliphatic heterocycles. The van der Waals surface area contributed by atoms with E-state index in [4.69, 9.17) is 0 Å². The topological polar surface area (TPSA) is 20.3 Å². The molecule has 0 spiro atoms. The number of amides is 1. The summed E-state index contributed by atoms with van der Waals surface area (Å²) >= 11 is 0. The summed E-state index contributed by atoms with van der Waals surface area (Å²) in [5, 5.41) is 0. The van der Waals surface area contributed by atoms with Gasteiger partial charge in [0.15, 0.2) is 0 Å². The van der Waals surface area contributed by atoms with E-state index in [0.717, 1.165) is 18.5 Å². The minimum absolute atomic E-state index is 0.129. The Morgan fingerprint density at radius 3 is 2.81 bits per heavy atom. The molecule has 1 amide bonds. The van der Waals surface area contributed by atoms with Gasteiger partial charge in [0.25, 0.3) is 5.91 Å². The maximum Gasteiger partial charge on any atom is 0.251 e. The maximum atomic E-state index is 11.8. The smallest absolute Gasteiger partial charge is 0.251 e. The van der Waals surface area contributed by atoms with Gasteiger partial charge in [0.1, 0.15) is 0 Å². The normalized spacial score (nSPS) is 18.5. The molecule has 80 valence electrons. The predicted molar refractivity (Wildman–Crippen MR) is 62.4 cm³/mol. The Morgan fingerprint density at radius 2 is 2.00 bits per heavy atom. The number of hydrogen-bond acceptors (Lipinski definition) is 1. The van der Waals surface area contributed by atoms with Gasteiger partial charge in [0.05, 0.1) is 6.54 Å². The van der Waals surface area contributed by atoms with Gasteiger partial charge in [0, 0.05) is 11.8 Å². The first-order chi connectivity index (χ1) is 7.84. The molecule has 0 radical (unpaired) electrons. The van der Waals surface area contributed by atoms with E-state index < -0.39 is 0 Å². The van der Waals surface area contributed by atoms with E-state index in [1.807, 2.05) is 23.1 Å². The third-order valence-electron chi connectivity index (χ3n) is 3.12. The van der Waals surface area contributed by atoms with Crippen LogP contribution < -0.4 is 0 Å². The third kappa shape index (κ3) is 1.47. The Labute approximate surface area is 94.9 Å². The summed E-state index contributed by atoms with van der Waals surface area (Å²) in [5.74, 6) is 0.129. The van der Waals surface area contributed by atoms with Crippen LogP contribution >= 0.6 is 0 Å². The van der Waals surface area contributed by atoms with E-state index in [9.17, 15) is 4.79 Å². The summed E-state index contributed by atoms with van der Waals surface area (Å²) in [4.78, 5) is 13.7. The maximum absolute atomic E-state index is 11.8. The van der Waals surface area contributed by atoms with Gasteiger partial charge < -0.3 is 4.90 Å². The molecule has 1 aliphatic carbocycles. The monoisotopic (exact) mass is 211 g/mol. The van der Waals surface area contributed by atoms with Gasteiger partial charge >= 0.3 is 0 Å². The molecular weight excluding hydrogens is 198 g/mol. The molecule has 3 rings (SSSR count). The highest BCUT2D eigenvalue weighted by Crippen LogP contribution is 2.34. The van der Waals surface area contributed by atoms with E-state index in [0.29, 0.717) is 6.54 Å². The fourth-order valence-corrected chi connectivity index (χ4v) is 2.33. The number of carbonyl (C=O) groups excluding carboxylic acids is 1. The fourth-order valence-electron chi connectivity index (χ4n) is 2.33. The molecule has 2 nitrogen and oxygen atoms in total. The molecule has 0 fully saturated rings. The van der Waals surface area contributed by atoms with Crippen LogP contribution in [0.3, 0.4) is 0 Å². The van der Waals surface area contributed by atoms with Gasteiger partial charge in [-0.15, -0.1) is 0 Å². The summed E-state index contributed by atoms with van der Waals surface area (Å²) in [6.07, 6.45) is 6.04. The minimum atomic E-state index is 0.129. The summed E-state index contributed by atoms with van der Waals surface area (Å²) in [6, 6.07) is 10.1. The van der Waals surface area contributed by atoms with Crippen LogP contribution in [0.25, 0.3) is 0 Å². The molecule has 2 heteroatoms. The molecule has 1 aromatic carbocycles. The van der Waals surface area contributed by atoms with Crippen molar-refractivity contribution in [1.29, 1.82) is 0 Å². The molecule has 0 atom stereocenters. The Hall–Kier alpha value is -1.83. The standard InChI is InChI=1S/C14H13NO/c16-14-9-12-7-4-8-13(12)15(14)10-11-5-2-1-3-6-11/h1-3,5-6,8-9H,4,7,10H2. The highest BCUT2D eigenvalue weighted by atomic mass is 16.2. The van der Waals surface area contributed by atoms with E-state index >= 15 is 0 Å². The van der Waals surface area contributed by atoms with Gasteiger partial charge in [-0.25, -0.2) is 0 Å². The van der Waals surface area contributed by atoms with Crippen molar-refractivity contribution in [3.63, 3.8) is 0 Å². The Morgan fingerprint density at radius 1 is 1.19 bits per heavy atom. The van der Waals surface area contributed by atoms with Crippen molar-refractivity contribution >= 4 is 5.91 Å². The van der Waals surface area contributed by atoms with Crippen molar-refractivity contribution in [3.8, 4) is 0 Å². The molecule has 16 heavy (non-hydrogen) atoms. The number of rotatable bonds is 2. The molecular formula is C14H13NO. The highest BCUT2D eigenvalue weighted by Gasteiger charge is 2.29. The first-order valence-corrected chi connectivity index (χ1v) is 5.61. The molecule has 2 aliphatic rings. The van der Waals surface area contributed by atoms with Crippen LogP contribution in [-0.2, 0) is 11.3 Å². The Kier molecular flexibility index (Phi) is 2.13. The second-order valence-electron chi connectivity index (χ2n) is 4.21. The lowest BCUT2D eigenvalue weighted by atomic mass is 10.2. The summed E-state index contributed by atoms with van der Waals surface area (Å²) in [5.41, 5.74) is 3.52. The Bertz CT molecular complexity index is 485. The lowest BCUT2D eigenvalue weighted by molar-refractivity contribution is -0.123. The van der Waals surface area contributed by atoms with Crippen molar-refractivity contribution in [1.82, 2.24) is 4.90 Å². The van der Waals surface area contributed by atoms with Crippen LogP contribution in [0.5, 0.6) is 0 Å². The van der Waals surface area contributed by atoms with Gasteiger partial charge in [-0.1, -0.05) is 36.4 Å². The predicted octanol–water partition coefficient (Wildman–Crippen LogP) is 2.63. The zero-order valence-electron chi connectivity index (χ0n) is 9.02. The SMILES string of the molecule is O=C1C=C2CCC=C2N1Cc1ccccc1. The quantitative estimate of drug-likeness (QED) is 0.736. The van der Waals surface area contributed by atoms with Crippen molar-refractivity contribution in [3.05, 3.63) is 59.3 Å². The minimum Gasteiger partial charge on any atom is -0.304 e. The van der Waals surface area contributed by atoms with Crippen LogP contribution in [0, 0.1) is 0 Å². The van der Waals surface area contributed by atoms with Gasteiger partial charge in [-0.3, -0.25) is 4.79 Å². The summed E-state index contributed by atoms with van der Waals surface area (Å²) in [7, 11) is 0. The molecule has 0 saturated carbocycles. The van der Waals surface area contributed by atoms with Crippen molar-refractivity contribution in [2.24, 2.45) is 0 Å². The molecule has 0 N–H and O–H groups in total. The lowest BCUT2D eigenvalue weighted by Crippen LogP contribution is -2.23. The average molecular weight is 211 g/mol. The van der Waals surface area contributed by atoms with E-state index in [2.05, 4.69) is 18.2 Å². The van der Waals surface area contributed by atoms with Crippen LogP contribution in [0.15, 0.2) is 53.8 Å². The largest absolute Gasteiger partial charge is 0.304 e. The van der Waals surface area contributed by atoms with E-state index in [1.54, 1.807) is 6.08 Å². The summed E-state index contributed by atoms with van der Waals surface area (Å²) < 4.78 is 0. The fraction of sp³-hybridized carbons (Fsp3) is 0.214. The second kappa shape index (κ2) is 3.63. The van der Waals surface area contributed by atoms with Crippen LogP contribution in [0.2, 0.25) is 0 Å². The molecule has 0 aromatic heterocycles. The number of hydrogen-bond donors (Lipinski definition) is 0.